The van der Waals surface area contributed by atoms with Crippen LogP contribution in [0.4, 0.5) is 5.69 Å². The normalized spacial score (nSPS) is 17.2. The van der Waals surface area contributed by atoms with Crippen LogP contribution < -0.4 is 5.32 Å². The van der Waals surface area contributed by atoms with E-state index in [1.807, 2.05) is 36.4 Å². The van der Waals surface area contributed by atoms with Gasteiger partial charge in [0.15, 0.2) is 0 Å². The topological polar surface area (TPSA) is 71.3 Å². The first-order chi connectivity index (χ1) is 14.1. The average Bonchev–Trinajstić information content (AvgIpc) is 3.17. The molecule has 1 amide bonds. The van der Waals surface area contributed by atoms with Crippen LogP contribution >= 0.6 is 27.5 Å². The van der Waals surface area contributed by atoms with Crippen LogP contribution in [0.2, 0.25) is 5.02 Å². The summed E-state index contributed by atoms with van der Waals surface area (Å²) in [5, 5.41) is 7.69. The number of hydrogen-bond acceptors (Lipinski definition) is 5. The van der Waals surface area contributed by atoms with Gasteiger partial charge < -0.3 is 9.84 Å². The average molecular weight is 476 g/mol. The standard InChI is InChI=1S/C21H20BrClN4O2/c22-16-6-2-8-18(11-16)24-21(28)15-5-3-9-27(12-15)13-19-25-20(26-29-19)14-4-1-7-17(23)10-14/h1-2,4,6-8,10-11,15H,3,5,9,12-13H2,(H,24,28). The van der Waals surface area contributed by atoms with Crippen molar-refractivity contribution in [2.75, 3.05) is 18.4 Å². The van der Waals surface area contributed by atoms with Gasteiger partial charge in [-0.2, -0.15) is 4.98 Å². The first-order valence-corrected chi connectivity index (χ1v) is 10.6. The minimum Gasteiger partial charge on any atom is -0.338 e. The number of amides is 1. The van der Waals surface area contributed by atoms with Crippen LogP contribution in [0.15, 0.2) is 57.5 Å². The third kappa shape index (κ3) is 5.23. The molecule has 4 rings (SSSR count). The molecule has 8 heteroatoms. The third-order valence-corrected chi connectivity index (χ3v) is 5.61. The Morgan fingerprint density at radius 2 is 2.14 bits per heavy atom. The van der Waals surface area contributed by atoms with E-state index in [9.17, 15) is 4.79 Å². The van der Waals surface area contributed by atoms with Crippen molar-refractivity contribution in [3.63, 3.8) is 0 Å². The van der Waals surface area contributed by atoms with Gasteiger partial charge in [0, 0.05) is 27.3 Å². The van der Waals surface area contributed by atoms with Crippen molar-refractivity contribution in [1.29, 1.82) is 0 Å². The Labute approximate surface area is 182 Å². The number of piperidine rings is 1. The first-order valence-electron chi connectivity index (χ1n) is 9.44. The van der Waals surface area contributed by atoms with Gasteiger partial charge in [0.05, 0.1) is 12.5 Å². The van der Waals surface area contributed by atoms with Crippen LogP contribution in [0, 0.1) is 5.92 Å². The number of halogens is 2. The molecule has 0 spiro atoms. The summed E-state index contributed by atoms with van der Waals surface area (Å²) in [6, 6.07) is 15.0. The van der Waals surface area contributed by atoms with E-state index in [0.29, 0.717) is 29.8 Å². The molecule has 1 unspecified atom stereocenters. The molecule has 0 aliphatic carbocycles. The van der Waals surface area contributed by atoms with Crippen LogP contribution in [0.5, 0.6) is 0 Å². The van der Waals surface area contributed by atoms with Crippen LogP contribution in [0.25, 0.3) is 11.4 Å². The molecule has 0 bridgehead atoms. The second-order valence-corrected chi connectivity index (χ2v) is 8.45. The summed E-state index contributed by atoms with van der Waals surface area (Å²) in [4.78, 5) is 19.3. The van der Waals surface area contributed by atoms with E-state index in [-0.39, 0.29) is 11.8 Å². The van der Waals surface area contributed by atoms with Crippen LogP contribution in [0.3, 0.4) is 0 Å². The van der Waals surface area contributed by atoms with Gasteiger partial charge in [-0.15, -0.1) is 0 Å². The van der Waals surface area contributed by atoms with Crippen molar-refractivity contribution in [2.24, 2.45) is 5.92 Å². The van der Waals surface area contributed by atoms with Crippen molar-refractivity contribution in [3.8, 4) is 11.4 Å². The van der Waals surface area contributed by atoms with Gasteiger partial charge in [-0.25, -0.2) is 0 Å². The molecule has 3 aromatic rings. The number of benzene rings is 2. The van der Waals surface area contributed by atoms with E-state index in [2.05, 4.69) is 36.3 Å². The van der Waals surface area contributed by atoms with Crippen LogP contribution in [-0.4, -0.2) is 34.0 Å². The van der Waals surface area contributed by atoms with Gasteiger partial charge in [-0.3, -0.25) is 9.69 Å². The van der Waals surface area contributed by atoms with Gasteiger partial charge in [-0.05, 0) is 49.7 Å². The smallest absolute Gasteiger partial charge is 0.241 e. The van der Waals surface area contributed by atoms with E-state index in [1.165, 1.54) is 0 Å². The van der Waals surface area contributed by atoms with Gasteiger partial charge >= 0.3 is 0 Å². The lowest BCUT2D eigenvalue weighted by Gasteiger charge is -2.30. The molecule has 0 radical (unpaired) electrons. The fourth-order valence-corrected chi connectivity index (χ4v) is 4.07. The molecule has 0 saturated carbocycles. The van der Waals surface area contributed by atoms with Crippen LogP contribution in [0.1, 0.15) is 18.7 Å². The molecule has 2 aromatic carbocycles. The molecule has 29 heavy (non-hydrogen) atoms. The van der Waals surface area contributed by atoms with E-state index < -0.39 is 0 Å². The number of carbonyl (C=O) groups is 1. The predicted octanol–water partition coefficient (Wildman–Crippen LogP) is 5.00. The molecular weight excluding hydrogens is 456 g/mol. The van der Waals surface area contributed by atoms with Crippen molar-refractivity contribution >= 4 is 39.1 Å². The maximum atomic E-state index is 12.7. The van der Waals surface area contributed by atoms with Gasteiger partial charge in [0.2, 0.25) is 17.6 Å². The molecule has 1 aromatic heterocycles. The number of likely N-dealkylation sites (tertiary alicyclic amines) is 1. The lowest BCUT2D eigenvalue weighted by molar-refractivity contribution is -0.121. The zero-order valence-corrected chi connectivity index (χ0v) is 18.0. The van der Waals surface area contributed by atoms with Crippen molar-refractivity contribution in [1.82, 2.24) is 15.0 Å². The Kier molecular flexibility index (Phi) is 6.28. The number of nitrogens with zero attached hydrogens (tertiary/aromatic N) is 3. The maximum absolute atomic E-state index is 12.7. The number of rotatable bonds is 5. The van der Waals surface area contributed by atoms with Gasteiger partial charge in [-0.1, -0.05) is 50.9 Å². The summed E-state index contributed by atoms with van der Waals surface area (Å²) < 4.78 is 6.35. The second kappa shape index (κ2) is 9.07. The number of anilines is 1. The maximum Gasteiger partial charge on any atom is 0.241 e. The minimum atomic E-state index is -0.0712. The summed E-state index contributed by atoms with van der Waals surface area (Å²) in [5.74, 6) is 1.02. The molecule has 150 valence electrons. The molecule has 2 heterocycles. The third-order valence-electron chi connectivity index (χ3n) is 4.88. The lowest BCUT2D eigenvalue weighted by Crippen LogP contribution is -2.40. The molecule has 1 N–H and O–H groups in total. The molecule has 1 fully saturated rings. The van der Waals surface area contributed by atoms with Crippen molar-refractivity contribution < 1.29 is 9.32 Å². The Morgan fingerprint density at radius 3 is 2.97 bits per heavy atom. The molecule has 1 aliphatic rings. The Balaban J connectivity index is 1.37. The van der Waals surface area contributed by atoms with E-state index in [1.54, 1.807) is 12.1 Å². The summed E-state index contributed by atoms with van der Waals surface area (Å²) in [5.41, 5.74) is 1.61. The zero-order chi connectivity index (χ0) is 20.2. The molecule has 1 aliphatic heterocycles. The van der Waals surface area contributed by atoms with Gasteiger partial charge in [0.25, 0.3) is 0 Å². The predicted molar refractivity (Wildman–Crippen MR) is 116 cm³/mol. The zero-order valence-electron chi connectivity index (χ0n) is 15.6. The van der Waals surface area contributed by atoms with E-state index >= 15 is 0 Å². The monoisotopic (exact) mass is 474 g/mol. The highest BCUT2D eigenvalue weighted by Crippen LogP contribution is 2.23. The Morgan fingerprint density at radius 1 is 1.28 bits per heavy atom. The first kappa shape index (κ1) is 20.1. The second-order valence-electron chi connectivity index (χ2n) is 7.10. The summed E-state index contributed by atoms with van der Waals surface area (Å²) >= 11 is 9.46. The fourth-order valence-electron chi connectivity index (χ4n) is 3.48. The molecule has 1 atom stereocenters. The minimum absolute atomic E-state index is 0.0398. The van der Waals surface area contributed by atoms with Crippen LogP contribution in [-0.2, 0) is 11.3 Å². The largest absolute Gasteiger partial charge is 0.338 e. The molecular formula is C21H20BrClN4O2. The number of nitrogens with one attached hydrogen (secondary N) is 1. The van der Waals surface area contributed by atoms with Gasteiger partial charge in [0.1, 0.15) is 0 Å². The van der Waals surface area contributed by atoms with E-state index in [0.717, 1.165) is 35.1 Å². The van der Waals surface area contributed by atoms with Crippen molar-refractivity contribution in [3.05, 3.63) is 63.9 Å². The van der Waals surface area contributed by atoms with Crippen molar-refractivity contribution in [2.45, 2.75) is 19.4 Å². The number of carbonyl (C=O) groups excluding carboxylic acids is 1. The summed E-state index contributed by atoms with van der Waals surface area (Å²) in [7, 11) is 0. The molecule has 1 saturated heterocycles. The Bertz CT molecular complexity index is 1010. The highest BCUT2D eigenvalue weighted by molar-refractivity contribution is 9.10. The lowest BCUT2D eigenvalue weighted by atomic mass is 9.97. The number of aromatic nitrogens is 2. The fraction of sp³-hybridized carbons (Fsp3) is 0.286. The molecule has 6 nitrogen and oxygen atoms in total. The SMILES string of the molecule is O=C(Nc1cccc(Br)c1)C1CCCN(Cc2nc(-c3cccc(Cl)c3)no2)C1. The Hall–Kier alpha value is -2.22. The number of hydrogen-bond donors (Lipinski definition) is 1. The highest BCUT2D eigenvalue weighted by atomic mass is 79.9. The highest BCUT2D eigenvalue weighted by Gasteiger charge is 2.27. The summed E-state index contributed by atoms with van der Waals surface area (Å²) in [6.07, 6.45) is 1.82. The summed E-state index contributed by atoms with van der Waals surface area (Å²) in [6.45, 7) is 2.08. The quantitative estimate of drug-likeness (QED) is 0.562. The van der Waals surface area contributed by atoms with E-state index in [4.69, 9.17) is 16.1 Å².